The summed E-state index contributed by atoms with van der Waals surface area (Å²) in [6.45, 7) is 0.440. The summed E-state index contributed by atoms with van der Waals surface area (Å²) in [6.07, 6.45) is 0. The molecular weight excluding hydrogens is 316 g/mol. The number of hydrogen-bond donors (Lipinski definition) is 5. The molecule has 0 unspecified atom stereocenters. The number of rotatable bonds is 3. The summed E-state index contributed by atoms with van der Waals surface area (Å²) >= 11 is 0. The number of nitrogens with one attached hydrogen (secondary N) is 2. The third-order valence-electron chi connectivity index (χ3n) is 4.13. The Morgan fingerprint density at radius 1 is 1.04 bits per heavy atom. The maximum Gasteiger partial charge on any atom is 0.217 e. The van der Waals surface area contributed by atoms with Gasteiger partial charge >= 0.3 is 0 Å². The van der Waals surface area contributed by atoms with Crippen LogP contribution in [0.1, 0.15) is 11.1 Å². The van der Waals surface area contributed by atoms with Crippen molar-refractivity contribution in [3.8, 4) is 0 Å². The molecule has 8 nitrogen and oxygen atoms in total. The zero-order chi connectivity index (χ0) is 17.4. The van der Waals surface area contributed by atoms with Crippen molar-refractivity contribution in [1.82, 2.24) is 10.4 Å². The molecule has 0 bridgehead atoms. The average molecular weight is 334 g/mol. The minimum absolute atomic E-state index is 0.354. The van der Waals surface area contributed by atoms with E-state index in [0.717, 1.165) is 28.2 Å². The number of hydrazine groups is 2. The van der Waals surface area contributed by atoms with Gasteiger partial charge in [0, 0.05) is 5.56 Å². The van der Waals surface area contributed by atoms with E-state index >= 15 is 0 Å². The molecule has 0 saturated heterocycles. The van der Waals surface area contributed by atoms with Gasteiger partial charge in [-0.15, -0.1) is 0 Å². The normalized spacial score (nSPS) is 16.4. The van der Waals surface area contributed by atoms with Crippen LogP contribution in [-0.2, 0) is 0 Å². The molecule has 8 heteroatoms. The number of amidine groups is 1. The van der Waals surface area contributed by atoms with Crippen molar-refractivity contribution < 1.29 is 0 Å². The number of anilines is 2. The third kappa shape index (κ3) is 2.49. The monoisotopic (exact) mass is 334 g/mol. The van der Waals surface area contributed by atoms with Gasteiger partial charge in [-0.3, -0.25) is 5.84 Å². The van der Waals surface area contributed by atoms with Gasteiger partial charge in [-0.05, 0) is 17.7 Å². The van der Waals surface area contributed by atoms with E-state index < -0.39 is 0 Å². The van der Waals surface area contributed by atoms with Gasteiger partial charge in [0.05, 0.1) is 22.6 Å². The fraction of sp³-hybridized carbons (Fsp3) is 0.0588. The fourth-order valence-corrected chi connectivity index (χ4v) is 2.95. The Balaban J connectivity index is 1.96. The predicted octanol–water partition coefficient (Wildman–Crippen LogP) is 0.927. The van der Waals surface area contributed by atoms with E-state index in [4.69, 9.17) is 17.3 Å². The Morgan fingerprint density at radius 2 is 1.84 bits per heavy atom. The summed E-state index contributed by atoms with van der Waals surface area (Å²) in [5.41, 5.74) is 22.5. The van der Waals surface area contributed by atoms with Crippen LogP contribution in [0.15, 0.2) is 58.5 Å². The predicted molar refractivity (Wildman–Crippen MR) is 101 cm³/mol. The van der Waals surface area contributed by atoms with Crippen LogP contribution in [0, 0.1) is 0 Å². The van der Waals surface area contributed by atoms with Gasteiger partial charge in [0.25, 0.3) is 0 Å². The highest BCUT2D eigenvalue weighted by Gasteiger charge is 2.31. The molecule has 0 aromatic heterocycles. The van der Waals surface area contributed by atoms with Crippen molar-refractivity contribution in [2.45, 2.75) is 0 Å². The minimum Gasteiger partial charge on any atom is -0.397 e. The van der Waals surface area contributed by atoms with Crippen molar-refractivity contribution in [1.29, 1.82) is 0 Å². The van der Waals surface area contributed by atoms with Crippen molar-refractivity contribution >= 4 is 34.4 Å². The molecule has 2 aromatic carbocycles. The summed E-state index contributed by atoms with van der Waals surface area (Å²) in [7, 11) is 0. The maximum absolute atomic E-state index is 6.11. The molecule has 0 saturated carbocycles. The SMILES string of the molecule is NNc1ccc(C2=C(c3ccccc3)N=C(N)N3NCN=C23)cc1N. The summed E-state index contributed by atoms with van der Waals surface area (Å²) in [4.78, 5) is 9.15. The Morgan fingerprint density at radius 3 is 2.56 bits per heavy atom. The van der Waals surface area contributed by atoms with Gasteiger partial charge in [0.1, 0.15) is 6.67 Å². The van der Waals surface area contributed by atoms with Gasteiger partial charge in [0.15, 0.2) is 5.84 Å². The third-order valence-corrected chi connectivity index (χ3v) is 4.13. The van der Waals surface area contributed by atoms with Crippen LogP contribution in [0.2, 0.25) is 0 Å². The van der Waals surface area contributed by atoms with E-state index in [-0.39, 0.29) is 0 Å². The molecule has 2 aromatic rings. The lowest BCUT2D eigenvalue weighted by Crippen LogP contribution is -2.48. The van der Waals surface area contributed by atoms with Gasteiger partial charge in [0.2, 0.25) is 5.96 Å². The van der Waals surface area contributed by atoms with Crippen molar-refractivity contribution in [3.05, 3.63) is 59.7 Å². The Kier molecular flexibility index (Phi) is 3.60. The number of nitrogens with two attached hydrogens (primary N) is 3. The fourth-order valence-electron chi connectivity index (χ4n) is 2.95. The molecule has 126 valence electrons. The number of nitrogen functional groups attached to an aromatic ring is 2. The number of aliphatic imine (C=N–C) groups is 2. The molecule has 2 aliphatic heterocycles. The van der Waals surface area contributed by atoms with Crippen molar-refractivity contribution in [3.63, 3.8) is 0 Å². The van der Waals surface area contributed by atoms with Crippen LogP contribution >= 0.6 is 0 Å². The lowest BCUT2D eigenvalue weighted by atomic mass is 9.96. The van der Waals surface area contributed by atoms with Crippen LogP contribution < -0.4 is 28.2 Å². The van der Waals surface area contributed by atoms with Crippen LogP contribution in [-0.4, -0.2) is 23.5 Å². The first-order chi connectivity index (χ1) is 12.2. The molecule has 0 atom stereocenters. The first kappa shape index (κ1) is 15.2. The molecule has 0 spiro atoms. The quantitative estimate of drug-likeness (QED) is 0.322. The number of nitrogens with zero attached hydrogens (tertiary/aromatic N) is 3. The van der Waals surface area contributed by atoms with Gasteiger partial charge in [-0.25, -0.2) is 20.4 Å². The summed E-state index contributed by atoms with van der Waals surface area (Å²) < 4.78 is 0. The molecule has 2 heterocycles. The van der Waals surface area contributed by atoms with E-state index in [0.29, 0.717) is 24.0 Å². The number of guanidine groups is 1. The Bertz CT molecular complexity index is 914. The van der Waals surface area contributed by atoms with Crippen molar-refractivity contribution in [2.75, 3.05) is 17.8 Å². The van der Waals surface area contributed by atoms with Crippen LogP contribution in [0.5, 0.6) is 0 Å². The standard InChI is InChI=1S/C17H18N8/c18-12-8-11(6-7-13(12)24-20)14-15(10-4-2-1-3-5-10)23-17(19)25-16(14)21-9-22-25/h1-8,22,24H,9,18,20H2,(H2,19,23). The highest BCUT2D eigenvalue weighted by Crippen LogP contribution is 2.35. The van der Waals surface area contributed by atoms with Gasteiger partial charge in [-0.1, -0.05) is 36.4 Å². The second-order valence-corrected chi connectivity index (χ2v) is 5.64. The molecule has 0 aliphatic carbocycles. The lowest BCUT2D eigenvalue weighted by molar-refractivity contribution is 0.490. The first-order valence-electron chi connectivity index (χ1n) is 7.78. The van der Waals surface area contributed by atoms with Gasteiger partial charge in [-0.2, -0.15) is 0 Å². The Labute approximate surface area is 144 Å². The topological polar surface area (TPSA) is 130 Å². The Hall–Kier alpha value is -3.36. The highest BCUT2D eigenvalue weighted by atomic mass is 15.6. The molecule has 25 heavy (non-hydrogen) atoms. The van der Waals surface area contributed by atoms with E-state index in [2.05, 4.69) is 20.8 Å². The molecule has 0 fully saturated rings. The number of hydrogen-bond acceptors (Lipinski definition) is 8. The van der Waals surface area contributed by atoms with Crippen molar-refractivity contribution in [2.24, 2.45) is 21.6 Å². The first-order valence-corrected chi connectivity index (χ1v) is 7.78. The molecular formula is C17H18N8. The average Bonchev–Trinajstić information content (AvgIpc) is 3.12. The van der Waals surface area contributed by atoms with Gasteiger partial charge < -0.3 is 16.9 Å². The second kappa shape index (κ2) is 5.93. The van der Waals surface area contributed by atoms with Crippen LogP contribution in [0.4, 0.5) is 11.4 Å². The molecule has 4 rings (SSSR count). The van der Waals surface area contributed by atoms with E-state index in [1.807, 2.05) is 48.5 Å². The minimum atomic E-state index is 0.354. The molecule has 0 radical (unpaired) electrons. The zero-order valence-electron chi connectivity index (χ0n) is 13.4. The number of benzene rings is 2. The zero-order valence-corrected chi connectivity index (χ0v) is 13.4. The van der Waals surface area contributed by atoms with Crippen LogP contribution in [0.25, 0.3) is 11.3 Å². The smallest absolute Gasteiger partial charge is 0.217 e. The summed E-state index contributed by atoms with van der Waals surface area (Å²) in [5.74, 6) is 6.55. The molecule has 2 aliphatic rings. The molecule has 0 amide bonds. The maximum atomic E-state index is 6.11. The van der Waals surface area contributed by atoms with E-state index in [1.54, 1.807) is 5.01 Å². The van der Waals surface area contributed by atoms with Crippen LogP contribution in [0.3, 0.4) is 0 Å². The molecule has 8 N–H and O–H groups in total. The largest absolute Gasteiger partial charge is 0.397 e. The lowest BCUT2D eigenvalue weighted by Gasteiger charge is -2.27. The summed E-state index contributed by atoms with van der Waals surface area (Å²) in [5, 5.41) is 1.69. The van der Waals surface area contributed by atoms with E-state index in [9.17, 15) is 0 Å². The van der Waals surface area contributed by atoms with E-state index in [1.165, 1.54) is 0 Å². The second-order valence-electron chi connectivity index (χ2n) is 5.64. The highest BCUT2D eigenvalue weighted by molar-refractivity contribution is 6.35. The number of fused-ring (bicyclic) bond motifs is 1. The summed E-state index contributed by atoms with van der Waals surface area (Å²) in [6, 6.07) is 15.5.